The van der Waals surface area contributed by atoms with Gasteiger partial charge >= 0.3 is 0 Å². The van der Waals surface area contributed by atoms with Crippen molar-refractivity contribution >= 4 is 23.4 Å². The molecule has 0 saturated heterocycles. The van der Waals surface area contributed by atoms with Crippen LogP contribution in [0.4, 0.5) is 5.69 Å². The van der Waals surface area contributed by atoms with Crippen molar-refractivity contribution in [1.82, 2.24) is 4.90 Å². The maximum Gasteiger partial charge on any atom is 0.282 e. The average molecular weight is 284 g/mol. The monoisotopic (exact) mass is 284 g/mol. The topological polar surface area (TPSA) is 83.7 Å². The molecular formula is C12H16N2O4S. The van der Waals surface area contributed by atoms with Crippen LogP contribution in [0.3, 0.4) is 0 Å². The molecule has 7 heteroatoms. The maximum atomic E-state index is 11.8. The molecule has 0 aliphatic rings. The third-order valence-corrected chi connectivity index (χ3v) is 3.50. The largest absolute Gasteiger partial charge is 0.396 e. The van der Waals surface area contributed by atoms with Crippen LogP contribution in [0.15, 0.2) is 23.1 Å². The minimum Gasteiger partial charge on any atom is -0.396 e. The summed E-state index contributed by atoms with van der Waals surface area (Å²) in [6.45, 7) is 0.0388. The van der Waals surface area contributed by atoms with Gasteiger partial charge in [-0.2, -0.15) is 0 Å². The Balaban J connectivity index is 3.03. The molecule has 1 N–H and O–H groups in total. The van der Waals surface area contributed by atoms with Gasteiger partial charge in [-0.3, -0.25) is 14.9 Å². The molecule has 0 aliphatic carbocycles. The Labute approximate surface area is 115 Å². The van der Waals surface area contributed by atoms with Gasteiger partial charge in [-0.05, 0) is 18.6 Å². The quantitative estimate of drug-likeness (QED) is 0.372. The van der Waals surface area contributed by atoms with Gasteiger partial charge in [0.1, 0.15) is 0 Å². The van der Waals surface area contributed by atoms with Gasteiger partial charge in [0.05, 0.1) is 9.82 Å². The Morgan fingerprint density at radius 3 is 2.68 bits per heavy atom. The van der Waals surface area contributed by atoms with Crippen molar-refractivity contribution in [3.8, 4) is 0 Å². The highest BCUT2D eigenvalue weighted by Crippen LogP contribution is 2.30. The van der Waals surface area contributed by atoms with E-state index in [1.165, 1.54) is 34.9 Å². The second kappa shape index (κ2) is 7.10. The molecule has 0 heterocycles. The third-order valence-electron chi connectivity index (χ3n) is 2.37. The number of nitro groups is 1. The molecule has 0 fully saturated rings. The van der Waals surface area contributed by atoms with E-state index in [1.807, 2.05) is 0 Å². The molecular weight excluding hydrogens is 268 g/mol. The Kier molecular flexibility index (Phi) is 5.78. The number of carbonyl (C=O) groups is 1. The fraction of sp³-hybridized carbons (Fsp3) is 0.417. The summed E-state index contributed by atoms with van der Waals surface area (Å²) in [6.07, 6.45) is 0.549. The van der Waals surface area contributed by atoms with E-state index < -0.39 is 4.92 Å². The van der Waals surface area contributed by atoms with Crippen LogP contribution >= 0.6 is 11.8 Å². The minimum atomic E-state index is -0.467. The number of hydrogen-bond acceptors (Lipinski definition) is 5. The van der Waals surface area contributed by atoms with Crippen molar-refractivity contribution in [2.24, 2.45) is 0 Å². The van der Waals surface area contributed by atoms with Gasteiger partial charge in [-0.25, -0.2) is 0 Å². The highest BCUT2D eigenvalue weighted by atomic mass is 32.2. The Bertz CT molecular complexity index is 477. The van der Waals surface area contributed by atoms with Gasteiger partial charge in [0.2, 0.25) is 0 Å². The molecule has 0 atom stereocenters. The average Bonchev–Trinajstić information content (AvgIpc) is 2.37. The summed E-state index contributed by atoms with van der Waals surface area (Å²) in [5.41, 5.74) is 0.403. The van der Waals surface area contributed by atoms with E-state index >= 15 is 0 Å². The van der Waals surface area contributed by atoms with Crippen LogP contribution in [-0.4, -0.2) is 47.3 Å². The molecule has 0 aliphatic heterocycles. The number of rotatable bonds is 6. The molecule has 19 heavy (non-hydrogen) atoms. The zero-order chi connectivity index (χ0) is 14.4. The van der Waals surface area contributed by atoms with Crippen LogP contribution in [0, 0.1) is 10.1 Å². The van der Waals surface area contributed by atoms with Gasteiger partial charge in [0.25, 0.3) is 11.6 Å². The Morgan fingerprint density at radius 1 is 1.47 bits per heavy atom. The van der Waals surface area contributed by atoms with E-state index in [9.17, 15) is 14.9 Å². The lowest BCUT2D eigenvalue weighted by Gasteiger charge is -2.11. The van der Waals surface area contributed by atoms with E-state index in [0.717, 1.165) is 0 Å². The predicted molar refractivity (Wildman–Crippen MR) is 73.5 cm³/mol. The fourth-order valence-corrected chi connectivity index (χ4v) is 2.41. The van der Waals surface area contributed by atoms with Gasteiger partial charge in [-0.15, -0.1) is 11.8 Å². The van der Waals surface area contributed by atoms with Crippen molar-refractivity contribution in [3.05, 3.63) is 33.9 Å². The number of nitro benzene ring substituents is 1. The van der Waals surface area contributed by atoms with Crippen molar-refractivity contribution in [2.75, 3.05) is 26.5 Å². The van der Waals surface area contributed by atoms with Crippen LogP contribution in [-0.2, 0) is 0 Å². The molecule has 104 valence electrons. The molecule has 0 radical (unpaired) electrons. The zero-order valence-electron chi connectivity index (χ0n) is 10.8. The van der Waals surface area contributed by atoms with Crippen molar-refractivity contribution in [2.45, 2.75) is 11.3 Å². The zero-order valence-corrected chi connectivity index (χ0v) is 11.6. The molecule has 0 bridgehead atoms. The maximum absolute atomic E-state index is 11.8. The molecule has 0 unspecified atom stereocenters. The summed E-state index contributed by atoms with van der Waals surface area (Å²) >= 11 is 1.27. The van der Waals surface area contributed by atoms with Crippen LogP contribution < -0.4 is 0 Å². The van der Waals surface area contributed by atoms with Gasteiger partial charge in [0.15, 0.2) is 0 Å². The molecule has 1 rings (SSSR count). The lowest BCUT2D eigenvalue weighted by molar-refractivity contribution is -0.387. The smallest absolute Gasteiger partial charge is 0.282 e. The molecule has 0 saturated carbocycles. The number of carbonyl (C=O) groups excluding carboxylic acids is 1. The molecule has 6 nitrogen and oxygen atoms in total. The minimum absolute atomic E-state index is 0.0155. The number of nitrogens with zero attached hydrogens (tertiary/aromatic N) is 2. The molecule has 0 spiro atoms. The first kappa shape index (κ1) is 15.5. The van der Waals surface area contributed by atoms with E-state index in [4.69, 9.17) is 5.11 Å². The third kappa shape index (κ3) is 4.22. The van der Waals surface area contributed by atoms with E-state index in [-0.39, 0.29) is 18.2 Å². The Morgan fingerprint density at radius 2 is 2.16 bits per heavy atom. The summed E-state index contributed by atoms with van der Waals surface area (Å²) < 4.78 is 0. The number of thioether (sulfide) groups is 1. The normalized spacial score (nSPS) is 10.3. The van der Waals surface area contributed by atoms with Gasteiger partial charge in [-0.1, -0.05) is 0 Å². The van der Waals surface area contributed by atoms with Crippen LogP contribution in [0.25, 0.3) is 0 Å². The first-order chi connectivity index (χ1) is 8.97. The second-order valence-electron chi connectivity index (χ2n) is 4.06. The number of aliphatic hydroxyl groups is 1. The first-order valence-corrected chi connectivity index (χ1v) is 6.69. The fourth-order valence-electron chi connectivity index (χ4n) is 1.42. The summed E-state index contributed by atoms with van der Waals surface area (Å²) in [7, 11) is 3.25. The van der Waals surface area contributed by atoms with Crippen LogP contribution in [0.1, 0.15) is 16.8 Å². The number of aliphatic hydroxyl groups excluding tert-OH is 1. The molecule has 1 aromatic carbocycles. The van der Waals surface area contributed by atoms with Crippen molar-refractivity contribution in [3.63, 3.8) is 0 Å². The lowest BCUT2D eigenvalue weighted by atomic mass is 10.2. The highest BCUT2D eigenvalue weighted by Gasteiger charge is 2.17. The van der Waals surface area contributed by atoms with E-state index in [1.54, 1.807) is 14.1 Å². The Hall–Kier alpha value is -1.60. The SMILES string of the molecule is CN(C)C(=O)c1ccc([N+](=O)[O-])c(SCCCO)c1. The summed E-state index contributed by atoms with van der Waals surface area (Å²) in [4.78, 5) is 24.1. The second-order valence-corrected chi connectivity index (χ2v) is 5.20. The van der Waals surface area contributed by atoms with E-state index in [2.05, 4.69) is 0 Å². The number of benzene rings is 1. The first-order valence-electron chi connectivity index (χ1n) is 5.71. The molecule has 0 aromatic heterocycles. The number of hydrogen-bond donors (Lipinski definition) is 1. The molecule has 1 aromatic rings. The standard InChI is InChI=1S/C12H16N2O4S/c1-13(2)12(16)9-4-5-10(14(17)18)11(8-9)19-7-3-6-15/h4-5,8,15H,3,6-7H2,1-2H3. The lowest BCUT2D eigenvalue weighted by Crippen LogP contribution is -2.21. The van der Waals surface area contributed by atoms with Crippen molar-refractivity contribution in [1.29, 1.82) is 0 Å². The number of amides is 1. The summed E-state index contributed by atoms with van der Waals surface area (Å²) in [5.74, 6) is 0.371. The van der Waals surface area contributed by atoms with Crippen molar-refractivity contribution < 1.29 is 14.8 Å². The van der Waals surface area contributed by atoms with Gasteiger partial charge in [0, 0.05) is 38.1 Å². The van der Waals surface area contributed by atoms with Crippen LogP contribution in [0.5, 0.6) is 0 Å². The highest BCUT2D eigenvalue weighted by molar-refractivity contribution is 7.99. The summed E-state index contributed by atoms with van der Waals surface area (Å²) in [6, 6.07) is 4.33. The molecule has 1 amide bonds. The van der Waals surface area contributed by atoms with Gasteiger partial charge < -0.3 is 10.0 Å². The predicted octanol–water partition coefficient (Wildman–Crippen LogP) is 1.77. The summed E-state index contributed by atoms with van der Waals surface area (Å²) in [5, 5.41) is 19.6. The van der Waals surface area contributed by atoms with Crippen LogP contribution in [0.2, 0.25) is 0 Å². The van der Waals surface area contributed by atoms with E-state index in [0.29, 0.717) is 22.6 Å².